The van der Waals surface area contributed by atoms with Crippen molar-refractivity contribution in [3.63, 3.8) is 0 Å². The van der Waals surface area contributed by atoms with E-state index in [0.717, 1.165) is 0 Å². The summed E-state index contributed by atoms with van der Waals surface area (Å²) in [6.07, 6.45) is -1.06. The van der Waals surface area contributed by atoms with Gasteiger partial charge in [0.2, 0.25) is 0 Å². The summed E-state index contributed by atoms with van der Waals surface area (Å²) in [5, 5.41) is 10.3. The van der Waals surface area contributed by atoms with Gasteiger partial charge in [0.1, 0.15) is 0 Å². The monoisotopic (exact) mass is 315 g/mol. The van der Waals surface area contributed by atoms with Crippen molar-refractivity contribution in [1.29, 1.82) is 0 Å². The Morgan fingerprint density at radius 1 is 1.39 bits per heavy atom. The number of methoxy groups -OCH3 is 1. The van der Waals surface area contributed by atoms with Gasteiger partial charge in [0.05, 0.1) is 0 Å². The molecule has 0 aliphatic carbocycles. The molecule has 1 aromatic rings. The van der Waals surface area contributed by atoms with Gasteiger partial charge in [-0.3, -0.25) is 0 Å². The van der Waals surface area contributed by atoms with Crippen molar-refractivity contribution in [3.8, 4) is 5.75 Å². The van der Waals surface area contributed by atoms with E-state index in [1.165, 1.54) is 0 Å². The van der Waals surface area contributed by atoms with E-state index in [1.807, 2.05) is 6.92 Å². The number of esters is 1. The van der Waals surface area contributed by atoms with Crippen LogP contribution in [0.25, 0.3) is 0 Å². The number of aliphatic hydroxyl groups is 1. The molecule has 1 radical (unpaired) electrons. The topological polar surface area (TPSA) is 55.8 Å². The third-order valence-electron chi connectivity index (χ3n) is 3.19. The molecule has 0 bridgehead atoms. The predicted octanol–water partition coefficient (Wildman–Crippen LogP) is 1.25. The van der Waals surface area contributed by atoms with E-state index >= 15 is 0 Å². The molecule has 0 aromatic heterocycles. The second kappa shape index (κ2) is 5.31. The first-order valence-electron chi connectivity index (χ1n) is 5.73. The zero-order chi connectivity index (χ0) is 13.3. The van der Waals surface area contributed by atoms with Crippen molar-refractivity contribution >= 4 is 22.0 Å². The van der Waals surface area contributed by atoms with Gasteiger partial charge >= 0.3 is 114 Å². The molecule has 1 aromatic carbocycles. The number of aliphatic hydroxyl groups excluding tert-OH is 1. The van der Waals surface area contributed by atoms with Crippen molar-refractivity contribution in [2.45, 2.75) is 23.9 Å². The molecule has 1 aliphatic heterocycles. The SMILES string of the molecule is COc1ccc(C(O)C2C(=O)OC(C)C2[Se])cc1. The van der Waals surface area contributed by atoms with E-state index in [9.17, 15) is 9.90 Å². The average Bonchev–Trinajstić information content (AvgIpc) is 2.63. The fourth-order valence-electron chi connectivity index (χ4n) is 2.07. The van der Waals surface area contributed by atoms with E-state index in [2.05, 4.69) is 16.0 Å². The second-order valence-corrected chi connectivity index (χ2v) is 5.49. The number of hydrogen-bond acceptors (Lipinski definition) is 4. The number of cyclic esters (lactones) is 1. The van der Waals surface area contributed by atoms with E-state index in [0.29, 0.717) is 11.3 Å². The van der Waals surface area contributed by atoms with Crippen LogP contribution in [0.15, 0.2) is 24.3 Å². The molecule has 97 valence electrons. The van der Waals surface area contributed by atoms with E-state index in [1.54, 1.807) is 31.4 Å². The maximum atomic E-state index is 11.7. The number of carbonyl (C=O) groups is 1. The number of rotatable bonds is 3. The molecule has 2 rings (SSSR count). The Morgan fingerprint density at radius 2 is 2.00 bits per heavy atom. The Morgan fingerprint density at radius 3 is 2.44 bits per heavy atom. The molecular formula is C13H15O4Se. The van der Waals surface area contributed by atoms with Crippen LogP contribution < -0.4 is 4.74 Å². The molecular weight excluding hydrogens is 299 g/mol. The third kappa shape index (κ3) is 2.39. The molecule has 4 nitrogen and oxygen atoms in total. The standard InChI is InChI=1S/C13H15O4Se/c1-7-12(18)10(13(15)17-7)11(14)8-3-5-9(16-2)6-4-8/h3-7,10-12,14H,1-2H3. The van der Waals surface area contributed by atoms with Crippen LogP contribution in [0, 0.1) is 5.92 Å². The van der Waals surface area contributed by atoms with E-state index in [4.69, 9.17) is 9.47 Å². The van der Waals surface area contributed by atoms with Crippen LogP contribution in [0.2, 0.25) is 4.82 Å². The summed E-state index contributed by atoms with van der Waals surface area (Å²) in [4.78, 5) is 11.6. The molecule has 5 heteroatoms. The minimum absolute atomic E-state index is 0.116. The number of hydrogen-bond donors (Lipinski definition) is 1. The van der Waals surface area contributed by atoms with Gasteiger partial charge in [-0.2, -0.15) is 0 Å². The van der Waals surface area contributed by atoms with Gasteiger partial charge in [-0.25, -0.2) is 0 Å². The third-order valence-corrected chi connectivity index (χ3v) is 4.61. The van der Waals surface area contributed by atoms with Crippen LogP contribution in [0.3, 0.4) is 0 Å². The van der Waals surface area contributed by atoms with Gasteiger partial charge in [0.25, 0.3) is 0 Å². The summed E-state index contributed by atoms with van der Waals surface area (Å²) in [5.74, 6) is -0.184. The van der Waals surface area contributed by atoms with Crippen molar-refractivity contribution in [3.05, 3.63) is 29.8 Å². The van der Waals surface area contributed by atoms with Crippen molar-refractivity contribution in [2.24, 2.45) is 5.92 Å². The number of carbonyl (C=O) groups excluding carboxylic acids is 1. The molecule has 0 amide bonds. The van der Waals surface area contributed by atoms with E-state index < -0.39 is 12.0 Å². The zero-order valence-corrected chi connectivity index (χ0v) is 11.9. The molecule has 0 saturated carbocycles. The van der Waals surface area contributed by atoms with E-state index in [-0.39, 0.29) is 16.9 Å². The second-order valence-electron chi connectivity index (χ2n) is 4.35. The minimum atomic E-state index is -0.861. The van der Waals surface area contributed by atoms with Crippen LogP contribution in [-0.2, 0) is 9.53 Å². The molecule has 4 unspecified atom stereocenters. The maximum absolute atomic E-state index is 11.7. The predicted molar refractivity (Wildman–Crippen MR) is 66.5 cm³/mol. The van der Waals surface area contributed by atoms with Gasteiger partial charge in [0, 0.05) is 0 Å². The van der Waals surface area contributed by atoms with Crippen molar-refractivity contribution in [1.82, 2.24) is 0 Å². The van der Waals surface area contributed by atoms with Gasteiger partial charge < -0.3 is 0 Å². The van der Waals surface area contributed by atoms with Gasteiger partial charge in [0.15, 0.2) is 0 Å². The summed E-state index contributed by atoms with van der Waals surface area (Å²) >= 11 is 2.91. The average molecular weight is 314 g/mol. The molecule has 1 heterocycles. The first-order valence-corrected chi connectivity index (χ1v) is 6.72. The first-order chi connectivity index (χ1) is 8.54. The number of ether oxygens (including phenoxy) is 2. The Labute approximate surface area is 114 Å². The van der Waals surface area contributed by atoms with Gasteiger partial charge in [-0.1, -0.05) is 0 Å². The quantitative estimate of drug-likeness (QED) is 0.674. The Kier molecular flexibility index (Phi) is 3.95. The molecule has 0 spiro atoms. The zero-order valence-electron chi connectivity index (χ0n) is 10.2. The molecule has 1 N–H and O–H groups in total. The summed E-state index contributed by atoms with van der Waals surface area (Å²) in [6.45, 7) is 1.82. The molecule has 4 atom stereocenters. The summed E-state index contributed by atoms with van der Waals surface area (Å²) in [7, 11) is 1.58. The Balaban J connectivity index is 2.19. The molecule has 1 fully saturated rings. The van der Waals surface area contributed by atoms with Gasteiger partial charge in [-0.05, 0) is 0 Å². The van der Waals surface area contributed by atoms with Crippen molar-refractivity contribution in [2.75, 3.05) is 7.11 Å². The molecule has 1 aliphatic rings. The summed E-state index contributed by atoms with van der Waals surface area (Å²) in [5.41, 5.74) is 0.687. The fraction of sp³-hybridized carbons (Fsp3) is 0.462. The van der Waals surface area contributed by atoms with Crippen LogP contribution in [0.1, 0.15) is 18.6 Å². The normalized spacial score (nSPS) is 28.9. The van der Waals surface area contributed by atoms with Crippen LogP contribution in [0.4, 0.5) is 0 Å². The Hall–Kier alpha value is -1.03. The molecule has 1 saturated heterocycles. The summed E-state index contributed by atoms with van der Waals surface area (Å²) in [6, 6.07) is 7.03. The first kappa shape index (κ1) is 13.4. The fourth-order valence-corrected chi connectivity index (χ4v) is 2.73. The Bertz CT molecular complexity index is 431. The molecule has 18 heavy (non-hydrogen) atoms. The number of benzene rings is 1. The summed E-state index contributed by atoms with van der Waals surface area (Å²) < 4.78 is 10.2. The van der Waals surface area contributed by atoms with Gasteiger partial charge in [-0.15, -0.1) is 0 Å². The van der Waals surface area contributed by atoms with Crippen LogP contribution >= 0.6 is 0 Å². The van der Waals surface area contributed by atoms with Crippen molar-refractivity contribution < 1.29 is 19.4 Å². The van der Waals surface area contributed by atoms with Crippen LogP contribution in [-0.4, -0.2) is 40.3 Å². The van der Waals surface area contributed by atoms with Crippen LogP contribution in [0.5, 0.6) is 5.75 Å².